The Balaban J connectivity index is 1.73. The summed E-state index contributed by atoms with van der Waals surface area (Å²) >= 11 is 0. The van der Waals surface area contributed by atoms with Crippen molar-refractivity contribution in [2.75, 3.05) is 44.1 Å². The highest BCUT2D eigenvalue weighted by Crippen LogP contribution is 2.36. The number of nitrogens with one attached hydrogen (secondary N) is 2. The van der Waals surface area contributed by atoms with Crippen LogP contribution in [-0.2, 0) is 9.59 Å². The third kappa shape index (κ3) is 6.12. The van der Waals surface area contributed by atoms with E-state index in [1.165, 1.54) is 0 Å². The SMILES string of the molecule is Cc1nc(NNC(=O)[C@@H](CC2CCCC2)CN(O)C=O)c(F)c(N2CC(N(C)C)C(C)(C)C2)n1. The summed E-state index contributed by atoms with van der Waals surface area (Å²) < 4.78 is 15.4. The first kappa shape index (κ1) is 26.1. The zero-order valence-corrected chi connectivity index (χ0v) is 20.8. The molecule has 34 heavy (non-hydrogen) atoms. The van der Waals surface area contributed by atoms with Crippen LogP contribution in [-0.4, -0.2) is 77.2 Å². The van der Waals surface area contributed by atoms with Gasteiger partial charge in [-0.25, -0.2) is 15.0 Å². The zero-order chi connectivity index (χ0) is 25.0. The summed E-state index contributed by atoms with van der Waals surface area (Å²) in [7, 11) is 4.03. The maximum atomic E-state index is 15.4. The van der Waals surface area contributed by atoms with Crippen molar-refractivity contribution in [1.29, 1.82) is 0 Å². The molecular formula is C23H38FN7O3. The van der Waals surface area contributed by atoms with E-state index < -0.39 is 17.6 Å². The van der Waals surface area contributed by atoms with E-state index in [1.807, 2.05) is 19.0 Å². The van der Waals surface area contributed by atoms with Crippen LogP contribution in [0.25, 0.3) is 0 Å². The number of hydrogen-bond acceptors (Lipinski definition) is 8. The Labute approximate surface area is 200 Å². The fourth-order valence-electron chi connectivity index (χ4n) is 5.38. The maximum absolute atomic E-state index is 15.4. The number of anilines is 2. The van der Waals surface area contributed by atoms with Crippen molar-refractivity contribution in [2.24, 2.45) is 17.3 Å². The van der Waals surface area contributed by atoms with E-state index in [0.717, 1.165) is 25.7 Å². The van der Waals surface area contributed by atoms with E-state index in [4.69, 9.17) is 0 Å². The number of carbonyl (C=O) groups excluding carboxylic acids is 2. The fraction of sp³-hybridized carbons (Fsp3) is 0.739. The van der Waals surface area contributed by atoms with Crippen molar-refractivity contribution in [3.05, 3.63) is 11.6 Å². The molecule has 0 aromatic carbocycles. The van der Waals surface area contributed by atoms with Gasteiger partial charge in [-0.1, -0.05) is 39.5 Å². The highest BCUT2D eigenvalue weighted by atomic mass is 19.1. The zero-order valence-electron chi connectivity index (χ0n) is 20.8. The summed E-state index contributed by atoms with van der Waals surface area (Å²) in [6, 6.07) is 0.230. The minimum absolute atomic E-state index is 0.0567. The Bertz CT molecular complexity index is 876. The number of aryl methyl sites for hydroxylation is 1. The molecule has 1 aromatic heterocycles. The van der Waals surface area contributed by atoms with E-state index in [-0.39, 0.29) is 36.0 Å². The van der Waals surface area contributed by atoms with Gasteiger partial charge in [0, 0.05) is 19.1 Å². The quantitative estimate of drug-likeness (QED) is 0.266. The number of likely N-dealkylation sites (N-methyl/N-ethyl adjacent to an activating group) is 1. The highest BCUT2D eigenvalue weighted by molar-refractivity contribution is 5.80. The molecule has 0 spiro atoms. The van der Waals surface area contributed by atoms with Crippen molar-refractivity contribution in [2.45, 2.75) is 58.9 Å². The van der Waals surface area contributed by atoms with Crippen molar-refractivity contribution in [3.63, 3.8) is 0 Å². The second kappa shape index (κ2) is 10.8. The van der Waals surface area contributed by atoms with Crippen LogP contribution < -0.4 is 15.8 Å². The van der Waals surface area contributed by atoms with Crippen LogP contribution in [0.5, 0.6) is 0 Å². The normalized spacial score (nSPS) is 21.1. The van der Waals surface area contributed by atoms with Gasteiger partial charge < -0.3 is 9.80 Å². The summed E-state index contributed by atoms with van der Waals surface area (Å²) in [5.41, 5.74) is 5.09. The maximum Gasteiger partial charge on any atom is 0.243 e. The molecule has 0 bridgehead atoms. The Hall–Kier alpha value is -2.53. The minimum atomic E-state index is -0.634. The molecule has 1 aliphatic heterocycles. The monoisotopic (exact) mass is 479 g/mol. The largest absolute Gasteiger partial charge is 0.352 e. The summed E-state index contributed by atoms with van der Waals surface area (Å²) in [6.45, 7) is 7.11. The van der Waals surface area contributed by atoms with Gasteiger partial charge in [0.25, 0.3) is 0 Å². The number of rotatable bonds is 10. The topological polar surface area (TPSA) is 114 Å². The molecular weight excluding hydrogens is 441 g/mol. The van der Waals surface area contributed by atoms with Crippen LogP contribution in [0, 0.1) is 30.0 Å². The van der Waals surface area contributed by atoms with Crippen molar-refractivity contribution in [1.82, 2.24) is 25.4 Å². The number of halogens is 1. The van der Waals surface area contributed by atoms with Crippen LogP contribution in [0.2, 0.25) is 0 Å². The lowest BCUT2D eigenvalue weighted by Crippen LogP contribution is -2.41. The van der Waals surface area contributed by atoms with Gasteiger partial charge in [-0.3, -0.25) is 25.6 Å². The van der Waals surface area contributed by atoms with E-state index in [2.05, 4.69) is 39.6 Å². The number of hydrazine groups is 1. The number of carbonyl (C=O) groups is 2. The van der Waals surface area contributed by atoms with Crippen molar-refractivity contribution < 1.29 is 19.2 Å². The van der Waals surface area contributed by atoms with Crippen molar-refractivity contribution in [3.8, 4) is 0 Å². The van der Waals surface area contributed by atoms with E-state index in [0.29, 0.717) is 36.3 Å². The first-order valence-electron chi connectivity index (χ1n) is 11.9. The third-order valence-corrected chi connectivity index (χ3v) is 7.06. The Morgan fingerprint density at radius 3 is 2.59 bits per heavy atom. The van der Waals surface area contributed by atoms with Crippen LogP contribution >= 0.6 is 0 Å². The molecule has 2 fully saturated rings. The molecule has 3 N–H and O–H groups in total. The lowest BCUT2D eigenvalue weighted by atomic mass is 9.87. The van der Waals surface area contributed by atoms with Crippen LogP contribution in [0.15, 0.2) is 0 Å². The fourth-order valence-corrected chi connectivity index (χ4v) is 5.38. The van der Waals surface area contributed by atoms with Crippen LogP contribution in [0.4, 0.5) is 16.0 Å². The first-order chi connectivity index (χ1) is 16.0. The first-order valence-corrected chi connectivity index (χ1v) is 11.9. The molecule has 190 valence electrons. The second-order valence-corrected chi connectivity index (χ2v) is 10.5. The molecule has 2 heterocycles. The Kier molecular flexibility index (Phi) is 8.29. The predicted octanol–water partition coefficient (Wildman–Crippen LogP) is 2.19. The number of amides is 2. The number of aromatic nitrogens is 2. The van der Waals surface area contributed by atoms with Crippen LogP contribution in [0.1, 0.15) is 51.8 Å². The predicted molar refractivity (Wildman–Crippen MR) is 127 cm³/mol. The van der Waals surface area contributed by atoms with Crippen LogP contribution in [0.3, 0.4) is 0 Å². The van der Waals surface area contributed by atoms with Gasteiger partial charge in [0.2, 0.25) is 18.1 Å². The number of hydroxylamine groups is 2. The van der Waals surface area contributed by atoms with Gasteiger partial charge in [-0.15, -0.1) is 0 Å². The van der Waals surface area contributed by atoms with Gasteiger partial charge in [0.15, 0.2) is 11.6 Å². The molecule has 2 aliphatic rings. The molecule has 3 rings (SSSR count). The lowest BCUT2D eigenvalue weighted by Gasteiger charge is -2.30. The average molecular weight is 480 g/mol. The molecule has 0 radical (unpaired) electrons. The average Bonchev–Trinajstić information content (AvgIpc) is 3.39. The molecule has 1 saturated carbocycles. The number of nitrogens with zero attached hydrogens (tertiary/aromatic N) is 5. The van der Waals surface area contributed by atoms with Gasteiger partial charge in [-0.05, 0) is 38.8 Å². The Morgan fingerprint density at radius 1 is 1.32 bits per heavy atom. The third-order valence-electron chi connectivity index (χ3n) is 7.06. The van der Waals surface area contributed by atoms with Gasteiger partial charge in [0.05, 0.1) is 12.5 Å². The molecule has 2 atom stereocenters. The highest BCUT2D eigenvalue weighted by Gasteiger charge is 2.42. The summed E-state index contributed by atoms with van der Waals surface area (Å²) in [6.07, 6.45) is 5.10. The van der Waals surface area contributed by atoms with E-state index in [9.17, 15) is 14.8 Å². The standard InChI is InChI=1S/C23H38FN7O3/c1-15-25-20(19(24)21(26-15)30-12-18(29(4)5)23(2,3)13-30)27-28-22(33)17(11-31(34)14-32)10-16-8-6-7-9-16/h14,16-18,34H,6-13H2,1-5H3,(H,28,33)(H,25,26,27)/t17-,18?/m0/s1. The van der Waals surface area contributed by atoms with E-state index >= 15 is 4.39 Å². The molecule has 10 nitrogen and oxygen atoms in total. The van der Waals surface area contributed by atoms with Gasteiger partial charge in [-0.2, -0.15) is 4.39 Å². The second-order valence-electron chi connectivity index (χ2n) is 10.5. The molecule has 1 saturated heterocycles. The molecule has 2 amide bonds. The molecule has 1 aliphatic carbocycles. The minimum Gasteiger partial charge on any atom is -0.352 e. The molecule has 11 heteroatoms. The summed E-state index contributed by atoms with van der Waals surface area (Å²) in [5, 5.41) is 10.1. The van der Waals surface area contributed by atoms with Gasteiger partial charge >= 0.3 is 0 Å². The molecule has 1 aromatic rings. The van der Waals surface area contributed by atoms with Gasteiger partial charge in [0.1, 0.15) is 5.82 Å². The van der Waals surface area contributed by atoms with E-state index in [1.54, 1.807) is 6.92 Å². The smallest absolute Gasteiger partial charge is 0.243 e. The number of hydrogen-bond donors (Lipinski definition) is 3. The summed E-state index contributed by atoms with van der Waals surface area (Å²) in [4.78, 5) is 36.3. The molecule has 1 unspecified atom stereocenters. The summed E-state index contributed by atoms with van der Waals surface area (Å²) in [5.74, 6) is -0.862. The van der Waals surface area contributed by atoms with Crippen molar-refractivity contribution >= 4 is 24.0 Å². The Morgan fingerprint density at radius 2 is 2.00 bits per heavy atom. The lowest BCUT2D eigenvalue weighted by molar-refractivity contribution is -0.154.